The van der Waals surface area contributed by atoms with Crippen LogP contribution in [0.2, 0.25) is 10.0 Å². The fourth-order valence-electron chi connectivity index (χ4n) is 3.13. The third-order valence-corrected chi connectivity index (χ3v) is 6.94. The van der Waals surface area contributed by atoms with Crippen molar-refractivity contribution in [2.24, 2.45) is 0 Å². The number of thioether (sulfide) groups is 1. The van der Waals surface area contributed by atoms with Gasteiger partial charge in [-0.15, -0.1) is 0 Å². The normalized spacial score (nSPS) is 14.9. The van der Waals surface area contributed by atoms with Gasteiger partial charge in [-0.25, -0.2) is 4.39 Å². The summed E-state index contributed by atoms with van der Waals surface area (Å²) in [7, 11) is 0. The van der Waals surface area contributed by atoms with Gasteiger partial charge in [0.15, 0.2) is 0 Å². The Morgan fingerprint density at radius 3 is 2.55 bits per heavy atom. The molecule has 0 saturated carbocycles. The van der Waals surface area contributed by atoms with Crippen molar-refractivity contribution >= 4 is 68.1 Å². The minimum absolute atomic E-state index is 0.0462. The van der Waals surface area contributed by atoms with E-state index in [0.717, 1.165) is 32.8 Å². The lowest BCUT2D eigenvalue weighted by atomic mass is 10.1. The lowest BCUT2D eigenvalue weighted by Gasteiger charge is -2.14. The van der Waals surface area contributed by atoms with Gasteiger partial charge in [0.25, 0.3) is 11.1 Å². The Kier molecular flexibility index (Phi) is 7.44. The van der Waals surface area contributed by atoms with Gasteiger partial charge < -0.3 is 4.74 Å². The molecule has 168 valence electrons. The zero-order valence-electron chi connectivity index (χ0n) is 16.9. The number of halogens is 4. The molecule has 1 aliphatic heterocycles. The van der Waals surface area contributed by atoms with E-state index in [0.29, 0.717) is 21.9 Å². The molecule has 0 radical (unpaired) electrons. The summed E-state index contributed by atoms with van der Waals surface area (Å²) >= 11 is 16.5. The zero-order chi connectivity index (χ0) is 23.5. The molecule has 1 saturated heterocycles. The van der Waals surface area contributed by atoms with Crippen LogP contribution in [0.25, 0.3) is 6.08 Å². The Balaban J connectivity index is 1.57. The van der Waals surface area contributed by atoms with Crippen molar-refractivity contribution in [1.29, 1.82) is 0 Å². The second-order valence-corrected chi connectivity index (χ2v) is 9.79. The number of ether oxygens (including phenoxy) is 1. The first-order valence-corrected chi connectivity index (χ1v) is 12.0. The number of nitrogens with zero attached hydrogens (tertiary/aromatic N) is 1. The molecule has 9 heteroatoms. The minimum Gasteiger partial charge on any atom is -0.488 e. The van der Waals surface area contributed by atoms with Gasteiger partial charge in [0.1, 0.15) is 18.2 Å². The number of carbonyl (C=O) groups excluding carboxylic acids is 2. The Hall–Kier alpha value is -2.32. The molecular weight excluding hydrogens is 552 g/mol. The standard InChI is InChI=1S/C24H15BrCl2FNO3S/c25-17-6-8-21(32-13-15-3-1-2-4-19(15)26)16(9-17)10-22-23(30)29(24(31)33-22)12-14-5-7-18(28)11-20(14)27/h1-11H,12-13H2/b22-10-. The highest BCUT2D eigenvalue weighted by atomic mass is 79.9. The van der Waals surface area contributed by atoms with Crippen molar-refractivity contribution in [3.8, 4) is 5.75 Å². The fourth-order valence-corrected chi connectivity index (χ4v) is 4.76. The number of amides is 2. The van der Waals surface area contributed by atoms with Crippen molar-refractivity contribution in [3.63, 3.8) is 0 Å². The van der Waals surface area contributed by atoms with Crippen LogP contribution >= 0.6 is 50.9 Å². The van der Waals surface area contributed by atoms with E-state index >= 15 is 0 Å². The average Bonchev–Trinajstić information content (AvgIpc) is 3.03. The second kappa shape index (κ2) is 10.3. The van der Waals surface area contributed by atoms with Crippen LogP contribution in [0.15, 0.2) is 70.0 Å². The minimum atomic E-state index is -0.489. The van der Waals surface area contributed by atoms with E-state index < -0.39 is 17.0 Å². The van der Waals surface area contributed by atoms with Gasteiger partial charge in [-0.1, -0.05) is 63.4 Å². The number of hydrogen-bond acceptors (Lipinski definition) is 4. The highest BCUT2D eigenvalue weighted by Crippen LogP contribution is 2.36. The molecule has 0 atom stereocenters. The van der Waals surface area contributed by atoms with Crippen LogP contribution in [-0.2, 0) is 17.9 Å². The van der Waals surface area contributed by atoms with E-state index in [1.54, 1.807) is 24.3 Å². The Labute approximate surface area is 212 Å². The summed E-state index contributed by atoms with van der Waals surface area (Å²) in [6.07, 6.45) is 1.61. The third-order valence-electron chi connectivity index (χ3n) is 4.82. The zero-order valence-corrected chi connectivity index (χ0v) is 20.8. The summed E-state index contributed by atoms with van der Waals surface area (Å²) in [6.45, 7) is 0.197. The first kappa shape index (κ1) is 23.8. The molecule has 0 spiro atoms. The quantitative estimate of drug-likeness (QED) is 0.287. The monoisotopic (exact) mass is 565 g/mol. The van der Waals surface area contributed by atoms with Gasteiger partial charge >= 0.3 is 0 Å². The van der Waals surface area contributed by atoms with E-state index in [4.69, 9.17) is 27.9 Å². The van der Waals surface area contributed by atoms with Crippen LogP contribution in [0.1, 0.15) is 16.7 Å². The van der Waals surface area contributed by atoms with E-state index in [1.807, 2.05) is 24.3 Å². The van der Waals surface area contributed by atoms with Crippen LogP contribution in [-0.4, -0.2) is 16.0 Å². The Morgan fingerprint density at radius 1 is 1.00 bits per heavy atom. The van der Waals surface area contributed by atoms with Gasteiger partial charge in [-0.2, -0.15) is 0 Å². The summed E-state index contributed by atoms with van der Waals surface area (Å²) in [5.74, 6) is -0.411. The first-order valence-electron chi connectivity index (χ1n) is 9.67. The van der Waals surface area contributed by atoms with Crippen LogP contribution in [0, 0.1) is 5.82 Å². The Morgan fingerprint density at radius 2 is 1.79 bits per heavy atom. The van der Waals surface area contributed by atoms with Crippen LogP contribution in [0.5, 0.6) is 5.75 Å². The molecule has 0 aromatic heterocycles. The smallest absolute Gasteiger partial charge is 0.293 e. The second-order valence-electron chi connectivity index (χ2n) is 7.07. The lowest BCUT2D eigenvalue weighted by Crippen LogP contribution is -2.27. The maximum atomic E-state index is 13.3. The van der Waals surface area contributed by atoms with Crippen molar-refractivity contribution in [2.45, 2.75) is 13.2 Å². The number of hydrogen-bond donors (Lipinski definition) is 0. The van der Waals surface area contributed by atoms with Crippen LogP contribution in [0.3, 0.4) is 0 Å². The predicted molar refractivity (Wildman–Crippen MR) is 133 cm³/mol. The van der Waals surface area contributed by atoms with Gasteiger partial charge in [0.05, 0.1) is 11.4 Å². The van der Waals surface area contributed by atoms with Crippen molar-refractivity contribution in [1.82, 2.24) is 4.90 Å². The molecule has 0 N–H and O–H groups in total. The lowest BCUT2D eigenvalue weighted by molar-refractivity contribution is -0.123. The van der Waals surface area contributed by atoms with E-state index in [-0.39, 0.29) is 23.1 Å². The topological polar surface area (TPSA) is 46.6 Å². The molecular formula is C24H15BrCl2FNO3S. The van der Waals surface area contributed by atoms with Crippen LogP contribution < -0.4 is 4.74 Å². The van der Waals surface area contributed by atoms with Crippen molar-refractivity contribution in [2.75, 3.05) is 0 Å². The predicted octanol–water partition coefficient (Wildman–Crippen LogP) is 7.71. The molecule has 0 aliphatic carbocycles. The molecule has 0 bridgehead atoms. The summed E-state index contributed by atoms with van der Waals surface area (Å²) in [6, 6.07) is 16.6. The fraction of sp³-hybridized carbons (Fsp3) is 0.0833. The van der Waals surface area contributed by atoms with E-state index in [9.17, 15) is 14.0 Å². The molecule has 3 aromatic rings. The SMILES string of the molecule is O=C1S/C(=C\c2cc(Br)ccc2OCc2ccccc2Cl)C(=O)N1Cc1ccc(F)cc1Cl. The molecule has 33 heavy (non-hydrogen) atoms. The van der Waals surface area contributed by atoms with Crippen LogP contribution in [0.4, 0.5) is 9.18 Å². The van der Waals surface area contributed by atoms with Crippen molar-refractivity contribution in [3.05, 3.63) is 103 Å². The molecule has 2 amide bonds. The third kappa shape index (κ3) is 5.61. The molecule has 0 unspecified atom stereocenters. The largest absolute Gasteiger partial charge is 0.488 e. The van der Waals surface area contributed by atoms with Gasteiger partial charge in [0.2, 0.25) is 0 Å². The summed E-state index contributed by atoms with van der Waals surface area (Å²) in [5.41, 5.74) is 1.93. The average molecular weight is 567 g/mol. The maximum Gasteiger partial charge on any atom is 0.293 e. The highest BCUT2D eigenvalue weighted by Gasteiger charge is 2.35. The number of rotatable bonds is 6. The van der Waals surface area contributed by atoms with Gasteiger partial charge in [-0.05, 0) is 59.8 Å². The van der Waals surface area contributed by atoms with Gasteiger partial charge in [-0.3, -0.25) is 14.5 Å². The van der Waals surface area contributed by atoms with E-state index in [1.165, 1.54) is 12.1 Å². The van der Waals surface area contributed by atoms with Gasteiger partial charge in [0, 0.05) is 25.6 Å². The summed E-state index contributed by atoms with van der Waals surface area (Å²) in [5, 5.41) is 0.317. The molecule has 1 aliphatic rings. The highest BCUT2D eigenvalue weighted by molar-refractivity contribution is 9.10. The number of carbonyl (C=O) groups is 2. The molecule has 3 aromatic carbocycles. The molecule has 4 rings (SSSR count). The maximum absolute atomic E-state index is 13.3. The summed E-state index contributed by atoms with van der Waals surface area (Å²) in [4.78, 5) is 26.8. The van der Waals surface area contributed by atoms with Crippen molar-refractivity contribution < 1.29 is 18.7 Å². The molecule has 1 heterocycles. The Bertz CT molecular complexity index is 1280. The summed E-state index contributed by atoms with van der Waals surface area (Å²) < 4.78 is 20.1. The number of imide groups is 1. The molecule has 1 fully saturated rings. The first-order chi connectivity index (χ1) is 15.8. The number of benzene rings is 3. The van der Waals surface area contributed by atoms with E-state index in [2.05, 4.69) is 15.9 Å². The molecule has 4 nitrogen and oxygen atoms in total.